The van der Waals surface area contributed by atoms with E-state index in [9.17, 15) is 19.2 Å². The molecule has 0 unspecified atom stereocenters. The lowest BCUT2D eigenvalue weighted by Gasteiger charge is -2.13. The van der Waals surface area contributed by atoms with Crippen LogP contribution in [0, 0.1) is 0 Å². The van der Waals surface area contributed by atoms with Gasteiger partial charge in [0.05, 0.1) is 28.1 Å². The first-order chi connectivity index (χ1) is 15.7. The fraction of sp³-hybridized carbons (Fsp3) is 0.182. The largest absolute Gasteiger partial charge is 0.495 e. The minimum Gasteiger partial charge on any atom is -0.495 e. The molecule has 0 bridgehead atoms. The van der Waals surface area contributed by atoms with Crippen LogP contribution >= 0.6 is 23.4 Å². The molecule has 1 N–H and O–H groups in total. The molecular formula is C22H19ClN4O5S. The number of hydrogen-bond acceptors (Lipinski definition) is 6. The third-order valence-corrected chi connectivity index (χ3v) is 6.41. The lowest BCUT2D eigenvalue weighted by molar-refractivity contribution is -0.127. The van der Waals surface area contributed by atoms with Crippen LogP contribution in [0.3, 0.4) is 0 Å². The lowest BCUT2D eigenvalue weighted by Crippen LogP contribution is -2.36. The number of carbonyl (C=O) groups excluding carboxylic acids is 3. The molecule has 170 valence electrons. The number of nitrogens with zero attached hydrogens (tertiary/aromatic N) is 3. The number of fused-ring (bicyclic) bond motifs is 1. The third kappa shape index (κ3) is 4.27. The van der Waals surface area contributed by atoms with Crippen LogP contribution in [0.1, 0.15) is 5.56 Å². The van der Waals surface area contributed by atoms with Crippen molar-refractivity contribution in [3.05, 3.63) is 62.4 Å². The Bertz CT molecular complexity index is 1410. The molecule has 1 fully saturated rings. The van der Waals surface area contributed by atoms with Gasteiger partial charge in [-0.2, -0.15) is 0 Å². The Morgan fingerprint density at radius 1 is 1.09 bits per heavy atom. The number of amides is 3. The summed E-state index contributed by atoms with van der Waals surface area (Å²) in [5, 5.41) is 2.39. The maximum atomic E-state index is 12.8. The van der Waals surface area contributed by atoms with Crippen LogP contribution in [0.25, 0.3) is 17.1 Å². The van der Waals surface area contributed by atoms with Gasteiger partial charge >= 0.3 is 5.69 Å². The van der Waals surface area contributed by atoms with E-state index < -0.39 is 23.6 Å². The molecule has 2 heterocycles. The number of anilines is 1. The Morgan fingerprint density at radius 3 is 2.52 bits per heavy atom. The van der Waals surface area contributed by atoms with Gasteiger partial charge in [-0.25, -0.2) is 4.79 Å². The van der Waals surface area contributed by atoms with E-state index in [1.807, 2.05) is 0 Å². The molecule has 11 heteroatoms. The number of benzene rings is 2. The summed E-state index contributed by atoms with van der Waals surface area (Å²) in [6.07, 6.45) is 1.57. The highest BCUT2D eigenvalue weighted by Gasteiger charge is 2.36. The second-order valence-electron chi connectivity index (χ2n) is 7.31. The maximum Gasteiger partial charge on any atom is 0.328 e. The van der Waals surface area contributed by atoms with E-state index in [2.05, 4.69) is 5.32 Å². The summed E-state index contributed by atoms with van der Waals surface area (Å²) in [6.45, 7) is -0.433. The van der Waals surface area contributed by atoms with E-state index in [4.69, 9.17) is 16.3 Å². The molecular weight excluding hydrogens is 468 g/mol. The maximum absolute atomic E-state index is 12.8. The first-order valence-corrected chi connectivity index (χ1v) is 10.9. The zero-order chi connectivity index (χ0) is 23.9. The van der Waals surface area contributed by atoms with Crippen LogP contribution in [0.5, 0.6) is 5.75 Å². The van der Waals surface area contributed by atoms with Crippen LogP contribution < -0.4 is 15.7 Å². The van der Waals surface area contributed by atoms with E-state index in [-0.39, 0.29) is 10.6 Å². The quantitative estimate of drug-likeness (QED) is 0.555. The normalized spacial score (nSPS) is 15.0. The van der Waals surface area contributed by atoms with E-state index in [1.54, 1.807) is 50.5 Å². The minimum absolute atomic E-state index is 0.161. The van der Waals surface area contributed by atoms with Gasteiger partial charge in [0.2, 0.25) is 5.91 Å². The topological polar surface area (TPSA) is 103 Å². The average Bonchev–Trinajstić information content (AvgIpc) is 3.16. The minimum atomic E-state index is -0.560. The number of nitrogens with one attached hydrogen (secondary N) is 1. The van der Waals surface area contributed by atoms with Crippen molar-refractivity contribution >= 4 is 63.2 Å². The number of ether oxygens (including phenoxy) is 1. The molecule has 2 aromatic carbocycles. The monoisotopic (exact) mass is 486 g/mol. The number of thioether (sulfide) groups is 1. The number of hydrogen-bond donors (Lipinski definition) is 1. The predicted molar refractivity (Wildman–Crippen MR) is 127 cm³/mol. The van der Waals surface area contributed by atoms with Crippen LogP contribution in [0.2, 0.25) is 5.02 Å². The summed E-state index contributed by atoms with van der Waals surface area (Å²) in [5.74, 6) is -0.644. The first-order valence-electron chi connectivity index (χ1n) is 9.74. The highest BCUT2D eigenvalue weighted by atomic mass is 35.5. The number of aromatic nitrogens is 2. The highest BCUT2D eigenvalue weighted by molar-refractivity contribution is 8.18. The second kappa shape index (κ2) is 8.80. The number of imidazole rings is 1. The van der Waals surface area contributed by atoms with Gasteiger partial charge in [0, 0.05) is 19.8 Å². The molecule has 0 radical (unpaired) electrons. The summed E-state index contributed by atoms with van der Waals surface area (Å²) < 4.78 is 8.11. The van der Waals surface area contributed by atoms with Gasteiger partial charge in [0.15, 0.2) is 0 Å². The van der Waals surface area contributed by atoms with E-state index in [0.717, 1.165) is 22.2 Å². The van der Waals surface area contributed by atoms with Crippen molar-refractivity contribution in [3.8, 4) is 5.75 Å². The van der Waals surface area contributed by atoms with Crippen LogP contribution in [-0.2, 0) is 23.7 Å². The number of carbonyl (C=O) groups is 3. The zero-order valence-electron chi connectivity index (χ0n) is 17.9. The van der Waals surface area contributed by atoms with Crippen molar-refractivity contribution < 1.29 is 19.1 Å². The van der Waals surface area contributed by atoms with Crippen molar-refractivity contribution in [1.82, 2.24) is 14.0 Å². The highest BCUT2D eigenvalue weighted by Crippen LogP contribution is 2.33. The lowest BCUT2D eigenvalue weighted by atomic mass is 10.2. The molecule has 1 aromatic heterocycles. The summed E-state index contributed by atoms with van der Waals surface area (Å²) in [7, 11) is 4.82. The molecule has 4 rings (SSSR count). The molecule has 1 aliphatic rings. The number of methoxy groups -OCH3 is 1. The van der Waals surface area contributed by atoms with Gasteiger partial charge in [0.1, 0.15) is 12.3 Å². The van der Waals surface area contributed by atoms with E-state index >= 15 is 0 Å². The van der Waals surface area contributed by atoms with Gasteiger partial charge in [-0.05, 0) is 53.7 Å². The van der Waals surface area contributed by atoms with E-state index in [1.165, 1.54) is 22.3 Å². The Morgan fingerprint density at radius 2 is 1.82 bits per heavy atom. The SMILES string of the molecule is COc1ccc(NC(=O)CN2C(=O)S/C(=C/c3ccc4c(c3)n(C)c(=O)n4C)C2=O)cc1Cl. The first kappa shape index (κ1) is 22.7. The smallest absolute Gasteiger partial charge is 0.328 e. The fourth-order valence-corrected chi connectivity index (χ4v) is 4.59. The fourth-order valence-electron chi connectivity index (χ4n) is 3.49. The molecule has 3 amide bonds. The van der Waals surface area contributed by atoms with Crippen molar-refractivity contribution in [1.29, 1.82) is 0 Å². The Kier molecular flexibility index (Phi) is 6.05. The Labute approximate surface area is 197 Å². The molecule has 0 atom stereocenters. The predicted octanol–water partition coefficient (Wildman–Crippen LogP) is 3.21. The van der Waals surface area contributed by atoms with Crippen LogP contribution in [0.15, 0.2) is 46.1 Å². The number of aryl methyl sites for hydroxylation is 2. The molecule has 3 aromatic rings. The molecule has 1 saturated heterocycles. The standard InChI is InChI=1S/C22H19ClN4O5S/c1-25-15-6-4-12(8-16(15)26(2)21(25)30)9-18-20(29)27(22(31)33-18)11-19(28)24-13-5-7-17(32-3)14(23)10-13/h4-10H,11H2,1-3H3,(H,24,28)/b18-9+. The Hall–Kier alpha value is -3.50. The summed E-state index contributed by atoms with van der Waals surface area (Å²) >= 11 is 6.81. The molecule has 1 aliphatic heterocycles. The second-order valence-corrected chi connectivity index (χ2v) is 8.71. The van der Waals surface area contributed by atoms with E-state index in [0.29, 0.717) is 27.5 Å². The molecule has 33 heavy (non-hydrogen) atoms. The average molecular weight is 487 g/mol. The molecule has 0 saturated carbocycles. The summed E-state index contributed by atoms with van der Waals surface area (Å²) in [5.41, 5.74) is 2.37. The van der Waals surface area contributed by atoms with Gasteiger partial charge in [-0.3, -0.25) is 28.4 Å². The summed E-state index contributed by atoms with van der Waals surface area (Å²) in [4.78, 5) is 50.8. The molecule has 0 spiro atoms. The Balaban J connectivity index is 1.50. The van der Waals surface area contributed by atoms with Crippen molar-refractivity contribution in [2.24, 2.45) is 14.1 Å². The molecule has 9 nitrogen and oxygen atoms in total. The van der Waals surface area contributed by atoms with Gasteiger partial charge in [-0.15, -0.1) is 0 Å². The number of imide groups is 1. The number of halogens is 1. The van der Waals surface area contributed by atoms with Crippen molar-refractivity contribution in [3.63, 3.8) is 0 Å². The van der Waals surface area contributed by atoms with Crippen molar-refractivity contribution in [2.75, 3.05) is 19.0 Å². The van der Waals surface area contributed by atoms with Crippen LogP contribution in [0.4, 0.5) is 10.5 Å². The number of rotatable bonds is 5. The van der Waals surface area contributed by atoms with Gasteiger partial charge in [0.25, 0.3) is 11.1 Å². The third-order valence-electron chi connectivity index (χ3n) is 5.20. The van der Waals surface area contributed by atoms with Gasteiger partial charge in [-0.1, -0.05) is 17.7 Å². The van der Waals surface area contributed by atoms with Gasteiger partial charge < -0.3 is 10.1 Å². The zero-order valence-corrected chi connectivity index (χ0v) is 19.5. The molecule has 0 aliphatic carbocycles. The summed E-state index contributed by atoms with van der Waals surface area (Å²) in [6, 6.07) is 10.0. The van der Waals surface area contributed by atoms with Crippen molar-refractivity contribution in [2.45, 2.75) is 0 Å². The van der Waals surface area contributed by atoms with Crippen LogP contribution in [-0.4, -0.2) is 44.7 Å².